The van der Waals surface area contributed by atoms with E-state index in [1.807, 2.05) is 0 Å². The van der Waals surface area contributed by atoms with E-state index in [-0.39, 0.29) is 6.61 Å². The summed E-state index contributed by atoms with van der Waals surface area (Å²) in [5.41, 5.74) is -1.53. The minimum absolute atomic E-state index is 0.256. The van der Waals surface area contributed by atoms with Crippen molar-refractivity contribution in [3.8, 4) is 0 Å². The van der Waals surface area contributed by atoms with Crippen LogP contribution in [-0.4, -0.2) is 25.5 Å². The minimum atomic E-state index is -4.75. The predicted molar refractivity (Wildman–Crippen MR) is 37.8 cm³/mol. The Kier molecular flexibility index (Phi) is 4.47. The Hall–Kier alpha value is -1.04. The summed E-state index contributed by atoms with van der Waals surface area (Å²) in [4.78, 5) is 10.5. The summed E-state index contributed by atoms with van der Waals surface area (Å²) in [6.07, 6.45) is -4.75. The maximum absolute atomic E-state index is 11.8. The lowest BCUT2D eigenvalue weighted by Crippen LogP contribution is -2.21. The molecule has 76 valence electrons. The Morgan fingerprint density at radius 2 is 2.00 bits per heavy atom. The molecule has 0 N–H and O–H groups in total. The van der Waals surface area contributed by atoms with E-state index in [0.717, 1.165) is 0 Å². The molecule has 6 heteroatoms. The van der Waals surface area contributed by atoms with Gasteiger partial charge in [0.2, 0.25) is 0 Å². The van der Waals surface area contributed by atoms with Gasteiger partial charge in [-0.25, -0.2) is 4.79 Å². The fourth-order valence-electron chi connectivity index (χ4n) is 0.381. The molecule has 0 spiro atoms. The van der Waals surface area contributed by atoms with E-state index < -0.39 is 24.5 Å². The summed E-state index contributed by atoms with van der Waals surface area (Å²) in [5.74, 6) is -1.51. The fourth-order valence-corrected chi connectivity index (χ4v) is 0.381. The standard InChI is InChI=1S/C7H9F3O3/c1-3-12-4-13-6(11)5(2)7(8,9)10/h2-4H2,1H3. The van der Waals surface area contributed by atoms with Crippen molar-refractivity contribution in [1.29, 1.82) is 0 Å². The van der Waals surface area contributed by atoms with Gasteiger partial charge < -0.3 is 9.47 Å². The van der Waals surface area contributed by atoms with Gasteiger partial charge in [0.15, 0.2) is 6.79 Å². The molecule has 0 aromatic heterocycles. The monoisotopic (exact) mass is 198 g/mol. The van der Waals surface area contributed by atoms with E-state index >= 15 is 0 Å². The molecular formula is C7H9F3O3. The molecule has 0 aromatic carbocycles. The SMILES string of the molecule is C=C(C(=O)OCOCC)C(F)(F)F. The first-order valence-electron chi connectivity index (χ1n) is 3.40. The number of hydrogen-bond donors (Lipinski definition) is 0. The molecule has 0 heterocycles. The second-order valence-electron chi connectivity index (χ2n) is 2.02. The lowest BCUT2D eigenvalue weighted by molar-refractivity contribution is -0.161. The van der Waals surface area contributed by atoms with E-state index in [4.69, 9.17) is 0 Å². The van der Waals surface area contributed by atoms with Crippen LogP contribution >= 0.6 is 0 Å². The Bertz CT molecular complexity index is 198. The second kappa shape index (κ2) is 4.86. The molecule has 0 bridgehead atoms. The van der Waals surface area contributed by atoms with Crippen molar-refractivity contribution in [2.45, 2.75) is 13.1 Å². The van der Waals surface area contributed by atoms with Gasteiger partial charge in [-0.3, -0.25) is 0 Å². The largest absolute Gasteiger partial charge is 0.435 e. The molecule has 13 heavy (non-hydrogen) atoms. The van der Waals surface area contributed by atoms with Crippen LogP contribution in [0.3, 0.4) is 0 Å². The van der Waals surface area contributed by atoms with Crippen LogP contribution in [0.15, 0.2) is 12.2 Å². The number of halogens is 3. The highest BCUT2D eigenvalue weighted by atomic mass is 19.4. The molecule has 0 fully saturated rings. The van der Waals surface area contributed by atoms with Crippen molar-refractivity contribution in [2.24, 2.45) is 0 Å². The van der Waals surface area contributed by atoms with Crippen molar-refractivity contribution in [2.75, 3.05) is 13.4 Å². The van der Waals surface area contributed by atoms with Gasteiger partial charge in [-0.15, -0.1) is 0 Å². The summed E-state index contributed by atoms with van der Waals surface area (Å²) in [7, 11) is 0. The zero-order chi connectivity index (χ0) is 10.5. The maximum atomic E-state index is 11.8. The Morgan fingerprint density at radius 3 is 2.38 bits per heavy atom. The van der Waals surface area contributed by atoms with Crippen LogP contribution in [0.25, 0.3) is 0 Å². The number of alkyl halides is 3. The van der Waals surface area contributed by atoms with Crippen LogP contribution in [-0.2, 0) is 14.3 Å². The van der Waals surface area contributed by atoms with Crippen LogP contribution in [0.5, 0.6) is 0 Å². The third kappa shape index (κ3) is 4.51. The van der Waals surface area contributed by atoms with Crippen molar-refractivity contribution in [1.82, 2.24) is 0 Å². The van der Waals surface area contributed by atoms with Gasteiger partial charge in [0.1, 0.15) is 5.57 Å². The molecule has 0 rings (SSSR count). The first kappa shape index (κ1) is 12.0. The molecule has 0 saturated heterocycles. The highest BCUT2D eigenvalue weighted by molar-refractivity contribution is 5.89. The van der Waals surface area contributed by atoms with E-state index in [9.17, 15) is 18.0 Å². The van der Waals surface area contributed by atoms with Gasteiger partial charge in [-0.1, -0.05) is 6.58 Å². The molecule has 3 nitrogen and oxygen atoms in total. The average Bonchev–Trinajstić information content (AvgIpc) is 2.01. The normalized spacial score (nSPS) is 11.1. The van der Waals surface area contributed by atoms with Gasteiger partial charge in [0, 0.05) is 6.61 Å². The molecule has 0 radical (unpaired) electrons. The van der Waals surface area contributed by atoms with Gasteiger partial charge in [-0.2, -0.15) is 13.2 Å². The molecule has 0 amide bonds. The quantitative estimate of drug-likeness (QED) is 0.298. The van der Waals surface area contributed by atoms with E-state index in [0.29, 0.717) is 0 Å². The van der Waals surface area contributed by atoms with Crippen LogP contribution in [0.4, 0.5) is 13.2 Å². The second-order valence-corrected chi connectivity index (χ2v) is 2.02. The minimum Gasteiger partial charge on any atom is -0.435 e. The lowest BCUT2D eigenvalue weighted by Gasteiger charge is -2.09. The number of rotatable bonds is 4. The van der Waals surface area contributed by atoms with E-state index in [1.54, 1.807) is 6.92 Å². The number of carbonyl (C=O) groups excluding carboxylic acids is 1. The van der Waals surface area contributed by atoms with Crippen LogP contribution < -0.4 is 0 Å². The maximum Gasteiger partial charge on any atom is 0.422 e. The molecule has 0 aromatic rings. The van der Waals surface area contributed by atoms with E-state index in [1.165, 1.54) is 0 Å². The summed E-state index contributed by atoms with van der Waals surface area (Å²) < 4.78 is 43.9. The smallest absolute Gasteiger partial charge is 0.422 e. The lowest BCUT2D eigenvalue weighted by atomic mass is 10.3. The first-order chi connectivity index (χ1) is 5.89. The molecule has 0 atom stereocenters. The van der Waals surface area contributed by atoms with Gasteiger partial charge in [0.05, 0.1) is 0 Å². The Labute approximate surface area is 73.1 Å². The average molecular weight is 198 g/mol. The van der Waals surface area contributed by atoms with E-state index in [2.05, 4.69) is 16.1 Å². The number of hydrogen-bond acceptors (Lipinski definition) is 3. The topological polar surface area (TPSA) is 35.5 Å². The van der Waals surface area contributed by atoms with Crippen molar-refractivity contribution in [3.63, 3.8) is 0 Å². The highest BCUT2D eigenvalue weighted by Crippen LogP contribution is 2.24. The van der Waals surface area contributed by atoms with Crippen molar-refractivity contribution in [3.05, 3.63) is 12.2 Å². The number of carbonyl (C=O) groups is 1. The number of ether oxygens (including phenoxy) is 2. The van der Waals surface area contributed by atoms with Crippen LogP contribution in [0, 0.1) is 0 Å². The van der Waals surface area contributed by atoms with Crippen LogP contribution in [0.1, 0.15) is 6.92 Å². The Morgan fingerprint density at radius 1 is 1.46 bits per heavy atom. The van der Waals surface area contributed by atoms with Crippen molar-refractivity contribution >= 4 is 5.97 Å². The third-order valence-corrected chi connectivity index (χ3v) is 1.07. The Balaban J connectivity index is 3.92. The highest BCUT2D eigenvalue weighted by Gasteiger charge is 2.37. The summed E-state index contributed by atoms with van der Waals surface area (Å²) in [6.45, 7) is 3.93. The van der Waals surface area contributed by atoms with Gasteiger partial charge in [-0.05, 0) is 6.92 Å². The first-order valence-corrected chi connectivity index (χ1v) is 3.40. The predicted octanol–water partition coefficient (Wildman–Crippen LogP) is 1.64. The molecule has 0 saturated carbocycles. The van der Waals surface area contributed by atoms with Gasteiger partial charge in [0.25, 0.3) is 0 Å². The molecule has 0 aliphatic heterocycles. The zero-order valence-electron chi connectivity index (χ0n) is 6.98. The van der Waals surface area contributed by atoms with Crippen molar-refractivity contribution < 1.29 is 27.4 Å². The zero-order valence-corrected chi connectivity index (χ0v) is 6.98. The molecule has 0 unspecified atom stereocenters. The fraction of sp³-hybridized carbons (Fsp3) is 0.571. The summed E-state index contributed by atoms with van der Waals surface area (Å²) >= 11 is 0. The summed E-state index contributed by atoms with van der Waals surface area (Å²) in [6, 6.07) is 0. The van der Waals surface area contributed by atoms with Gasteiger partial charge >= 0.3 is 12.1 Å². The molecular weight excluding hydrogens is 189 g/mol. The molecule has 0 aliphatic carbocycles. The molecule has 0 aliphatic rings. The third-order valence-electron chi connectivity index (χ3n) is 1.07. The van der Waals surface area contributed by atoms with Crippen LogP contribution in [0.2, 0.25) is 0 Å². The summed E-state index contributed by atoms with van der Waals surface area (Å²) in [5, 5.41) is 0. The number of esters is 1.